The van der Waals surface area contributed by atoms with Gasteiger partial charge in [0.25, 0.3) is 0 Å². The van der Waals surface area contributed by atoms with E-state index in [-0.39, 0.29) is 12.3 Å². The van der Waals surface area contributed by atoms with Crippen molar-refractivity contribution >= 4 is 74.0 Å². The van der Waals surface area contributed by atoms with Gasteiger partial charge >= 0.3 is 6.85 Å². The van der Waals surface area contributed by atoms with Crippen LogP contribution in [-0.4, -0.2) is 6.85 Å². The number of fused-ring (bicyclic) bond motifs is 9. The number of hydrogen-bond acceptors (Lipinski definition) is 3. The molecule has 0 atom stereocenters. The van der Waals surface area contributed by atoms with Crippen LogP contribution in [0.4, 0.5) is 45.5 Å². The number of aryl methyl sites for hydroxylation is 4. The SMILES string of the molecule is CCCCc1ccc(N2B3c4cc(N(c5ccc(CCCC)cc5)c5ccc(CCCC)cc5)ccc4N(c4ccc(CCCC)cc4-c4ccccc4)c4c3c(cc3ccccc43)-c3cc4c(cc32)C(C)(C)c2ccccc2-4)cc1. The van der Waals surface area contributed by atoms with Crippen LogP contribution < -0.4 is 25.5 Å². The zero-order valence-corrected chi connectivity index (χ0v) is 48.5. The summed E-state index contributed by atoms with van der Waals surface area (Å²) < 4.78 is 0. The lowest BCUT2D eigenvalue weighted by atomic mass is 9.43. The quantitative estimate of drug-likeness (QED) is 0.0793. The summed E-state index contributed by atoms with van der Waals surface area (Å²) in [6.07, 6.45) is 13.7. The third kappa shape index (κ3) is 9.35. The van der Waals surface area contributed by atoms with Crippen molar-refractivity contribution < 1.29 is 0 Å². The maximum absolute atomic E-state index is 2.75. The van der Waals surface area contributed by atoms with Crippen molar-refractivity contribution in [3.8, 4) is 33.4 Å². The van der Waals surface area contributed by atoms with Crippen LogP contribution in [0.15, 0.2) is 206 Å². The van der Waals surface area contributed by atoms with Crippen molar-refractivity contribution in [3.05, 3.63) is 240 Å². The Balaban J connectivity index is 1.13. The summed E-state index contributed by atoms with van der Waals surface area (Å²) in [5.41, 5.74) is 28.1. The van der Waals surface area contributed by atoms with Gasteiger partial charge in [0.15, 0.2) is 0 Å². The first-order valence-electron chi connectivity index (χ1n) is 30.6. The lowest BCUT2D eigenvalue weighted by Gasteiger charge is -2.47. The standard InChI is InChI=1S/C77H76BN3/c1-7-11-22-53-32-39-59(40-33-53)79(60-41-34-54(35-42-60)23-12-8-2)62-45-47-73-71(50-62)78-75-68(49-58-28-18-19-29-63(58)76(75)80(73)72-46-38-56(25-14-10-4)48-65(72)57-26-16-15-17-27-57)67-51-66-64-30-20-21-31-69(64)77(5,6)70(66)52-74(67)81(78)61-43-36-55(37-44-61)24-13-9-3/h15-21,26-52H,7-14,22-25H2,1-6H3. The monoisotopic (exact) mass is 1050 g/mol. The minimum Gasteiger partial charge on any atom is -0.376 e. The van der Waals surface area contributed by atoms with Crippen LogP contribution in [0.3, 0.4) is 0 Å². The first-order chi connectivity index (χ1) is 39.8. The van der Waals surface area contributed by atoms with Gasteiger partial charge in [0.1, 0.15) is 0 Å². The maximum atomic E-state index is 2.75. The minimum atomic E-state index is -0.191. The average Bonchev–Trinajstić information content (AvgIpc) is 2.79. The molecule has 0 bridgehead atoms. The molecule has 0 N–H and O–H groups in total. The highest BCUT2D eigenvalue weighted by atomic mass is 15.2. The molecule has 0 aromatic heterocycles. The summed E-state index contributed by atoms with van der Waals surface area (Å²) in [4.78, 5) is 7.95. The molecule has 0 fully saturated rings. The second kappa shape index (κ2) is 22.1. The highest BCUT2D eigenvalue weighted by Gasteiger charge is 2.48. The second-order valence-electron chi connectivity index (χ2n) is 23.8. The number of hydrogen-bond donors (Lipinski definition) is 0. The van der Waals surface area contributed by atoms with E-state index < -0.39 is 0 Å². The van der Waals surface area contributed by atoms with E-state index in [0.717, 1.165) is 55.6 Å². The summed E-state index contributed by atoms with van der Waals surface area (Å²) in [6, 6.07) is 80.6. The summed E-state index contributed by atoms with van der Waals surface area (Å²) >= 11 is 0. The predicted molar refractivity (Wildman–Crippen MR) is 350 cm³/mol. The van der Waals surface area contributed by atoms with Crippen LogP contribution in [0.5, 0.6) is 0 Å². The van der Waals surface area contributed by atoms with E-state index in [1.807, 2.05) is 0 Å². The van der Waals surface area contributed by atoms with E-state index in [9.17, 15) is 0 Å². The van der Waals surface area contributed by atoms with Gasteiger partial charge in [-0.15, -0.1) is 0 Å². The summed E-state index contributed by atoms with van der Waals surface area (Å²) in [6.45, 7) is 13.8. The molecule has 0 saturated carbocycles. The zero-order valence-electron chi connectivity index (χ0n) is 48.5. The van der Waals surface area contributed by atoms with Crippen LogP contribution in [0, 0.1) is 0 Å². The smallest absolute Gasteiger partial charge is 0.333 e. The molecule has 4 heteroatoms. The van der Waals surface area contributed by atoms with Gasteiger partial charge in [0, 0.05) is 56.1 Å². The third-order valence-electron chi connectivity index (χ3n) is 18.1. The fourth-order valence-electron chi connectivity index (χ4n) is 13.8. The number of unbranched alkanes of at least 4 members (excludes halogenated alkanes) is 4. The molecule has 0 radical (unpaired) electrons. The molecule has 0 spiro atoms. The molecule has 13 rings (SSSR count). The number of anilines is 8. The van der Waals surface area contributed by atoms with E-state index in [4.69, 9.17) is 0 Å². The van der Waals surface area contributed by atoms with Crippen molar-refractivity contribution in [3.63, 3.8) is 0 Å². The van der Waals surface area contributed by atoms with E-state index in [0.29, 0.717) is 0 Å². The average molecular weight is 1050 g/mol. The van der Waals surface area contributed by atoms with Crippen molar-refractivity contribution in [2.75, 3.05) is 14.6 Å². The Hall–Kier alpha value is -8.08. The molecule has 81 heavy (non-hydrogen) atoms. The Morgan fingerprint density at radius 1 is 0.407 bits per heavy atom. The molecule has 0 saturated heterocycles. The van der Waals surface area contributed by atoms with Crippen molar-refractivity contribution in [2.24, 2.45) is 0 Å². The Morgan fingerprint density at radius 3 is 1.62 bits per heavy atom. The fraction of sp³-hybridized carbons (Fsp3) is 0.247. The molecule has 402 valence electrons. The van der Waals surface area contributed by atoms with E-state index >= 15 is 0 Å². The summed E-state index contributed by atoms with van der Waals surface area (Å²) in [5.74, 6) is 0. The Kier molecular flexibility index (Phi) is 14.3. The first kappa shape index (κ1) is 52.3. The number of benzene rings is 10. The van der Waals surface area contributed by atoms with Crippen LogP contribution in [0.2, 0.25) is 0 Å². The number of rotatable bonds is 18. The van der Waals surface area contributed by atoms with E-state index in [1.165, 1.54) is 155 Å². The highest BCUT2D eigenvalue weighted by molar-refractivity contribution is 6.94. The van der Waals surface area contributed by atoms with Crippen LogP contribution >= 0.6 is 0 Å². The molecular weight excluding hydrogens is 978 g/mol. The maximum Gasteiger partial charge on any atom is 0.333 e. The van der Waals surface area contributed by atoms with Gasteiger partial charge in [-0.2, -0.15) is 0 Å². The summed E-state index contributed by atoms with van der Waals surface area (Å²) in [5, 5.41) is 2.50. The van der Waals surface area contributed by atoms with Gasteiger partial charge in [-0.25, -0.2) is 0 Å². The molecule has 10 aromatic carbocycles. The second-order valence-corrected chi connectivity index (χ2v) is 23.8. The van der Waals surface area contributed by atoms with Crippen LogP contribution in [-0.2, 0) is 31.1 Å². The molecular formula is C77H76BN3. The van der Waals surface area contributed by atoms with Crippen molar-refractivity contribution in [2.45, 2.75) is 124 Å². The highest BCUT2D eigenvalue weighted by Crippen LogP contribution is 2.56. The minimum absolute atomic E-state index is 0.185. The third-order valence-corrected chi connectivity index (χ3v) is 18.1. The number of nitrogens with zero attached hydrogens (tertiary/aromatic N) is 3. The van der Waals surface area contributed by atoms with Gasteiger partial charge < -0.3 is 14.6 Å². The molecule has 2 aliphatic heterocycles. The van der Waals surface area contributed by atoms with Gasteiger partial charge in [-0.3, -0.25) is 0 Å². The Labute approximate surface area is 483 Å². The molecule has 2 heterocycles. The normalized spacial score (nSPS) is 13.4. The topological polar surface area (TPSA) is 9.72 Å². The van der Waals surface area contributed by atoms with Gasteiger partial charge in [-0.05, 0) is 208 Å². The Morgan fingerprint density at radius 2 is 0.963 bits per heavy atom. The molecule has 1 aliphatic carbocycles. The fourth-order valence-corrected chi connectivity index (χ4v) is 13.8. The first-order valence-corrected chi connectivity index (χ1v) is 30.6. The van der Waals surface area contributed by atoms with E-state index in [1.54, 1.807) is 0 Å². The Bertz CT molecular complexity index is 3860. The van der Waals surface area contributed by atoms with Crippen molar-refractivity contribution in [1.29, 1.82) is 0 Å². The largest absolute Gasteiger partial charge is 0.376 e. The van der Waals surface area contributed by atoms with Crippen LogP contribution in [0.1, 0.15) is 126 Å². The predicted octanol–water partition coefficient (Wildman–Crippen LogP) is 20.4. The summed E-state index contributed by atoms with van der Waals surface area (Å²) in [7, 11) is 0. The lowest BCUT2D eigenvalue weighted by molar-refractivity contribution is 0.660. The van der Waals surface area contributed by atoms with Gasteiger partial charge in [-0.1, -0.05) is 189 Å². The molecule has 10 aromatic rings. The molecule has 3 nitrogen and oxygen atoms in total. The molecule has 0 unspecified atom stereocenters. The van der Waals surface area contributed by atoms with E-state index in [2.05, 4.69) is 262 Å². The van der Waals surface area contributed by atoms with Crippen LogP contribution in [0.25, 0.3) is 44.2 Å². The molecule has 3 aliphatic rings. The molecule has 0 amide bonds. The zero-order chi connectivity index (χ0) is 55.2. The van der Waals surface area contributed by atoms with Gasteiger partial charge in [0.2, 0.25) is 0 Å². The van der Waals surface area contributed by atoms with Crippen molar-refractivity contribution in [1.82, 2.24) is 0 Å². The van der Waals surface area contributed by atoms with Gasteiger partial charge in [0.05, 0.1) is 11.4 Å². The lowest BCUT2D eigenvalue weighted by Crippen LogP contribution is -2.61.